The summed E-state index contributed by atoms with van der Waals surface area (Å²) in [6, 6.07) is 0. The monoisotopic (exact) mass is 344 g/mol. The highest BCUT2D eigenvalue weighted by molar-refractivity contribution is 7.09. The standard InChI is InChI=1S/C15H19F3N4S/c1-10-12(23-9-20-10)4-6-22-5-2-3-11(8-22)14-19-7-13(21-14)15(16,17)18/h7,9,11H,2-6,8H2,1H3,(H,19,21). The molecule has 2 aromatic heterocycles. The van der Waals surface area contributed by atoms with Crippen LogP contribution in [-0.2, 0) is 12.6 Å². The van der Waals surface area contributed by atoms with Gasteiger partial charge in [-0.05, 0) is 32.7 Å². The number of aromatic amines is 1. The topological polar surface area (TPSA) is 44.8 Å². The fourth-order valence-electron chi connectivity index (χ4n) is 3.00. The number of H-pyrrole nitrogens is 1. The van der Waals surface area contributed by atoms with Crippen LogP contribution in [0.3, 0.4) is 0 Å². The smallest absolute Gasteiger partial charge is 0.338 e. The van der Waals surface area contributed by atoms with E-state index in [2.05, 4.69) is 19.9 Å². The molecule has 0 amide bonds. The van der Waals surface area contributed by atoms with Gasteiger partial charge in [0, 0.05) is 23.9 Å². The van der Waals surface area contributed by atoms with Gasteiger partial charge in [0.15, 0.2) is 0 Å². The minimum absolute atomic E-state index is 0.0439. The molecule has 1 fully saturated rings. The zero-order chi connectivity index (χ0) is 16.4. The van der Waals surface area contributed by atoms with Crippen molar-refractivity contribution in [1.82, 2.24) is 19.9 Å². The first kappa shape index (κ1) is 16.4. The maximum absolute atomic E-state index is 12.7. The third kappa shape index (κ3) is 3.92. The molecular formula is C15H19F3N4S. The molecule has 2 aromatic rings. The number of rotatable bonds is 4. The van der Waals surface area contributed by atoms with E-state index in [1.165, 1.54) is 4.88 Å². The molecule has 126 valence electrons. The normalized spacial score (nSPS) is 20.1. The Morgan fingerprint density at radius 2 is 2.22 bits per heavy atom. The minimum atomic E-state index is -4.36. The fraction of sp³-hybridized carbons (Fsp3) is 0.600. The number of nitrogens with one attached hydrogen (secondary N) is 1. The number of thiazole rings is 1. The van der Waals surface area contributed by atoms with E-state index in [-0.39, 0.29) is 5.92 Å². The maximum Gasteiger partial charge on any atom is 0.432 e. The van der Waals surface area contributed by atoms with Gasteiger partial charge in [0.2, 0.25) is 0 Å². The lowest BCUT2D eigenvalue weighted by atomic mass is 9.97. The summed E-state index contributed by atoms with van der Waals surface area (Å²) < 4.78 is 38.0. The van der Waals surface area contributed by atoms with Crippen LogP contribution in [0.1, 0.15) is 40.8 Å². The van der Waals surface area contributed by atoms with Crippen LogP contribution in [0.4, 0.5) is 13.2 Å². The molecule has 0 spiro atoms. The molecule has 23 heavy (non-hydrogen) atoms. The molecule has 4 nitrogen and oxygen atoms in total. The fourth-order valence-corrected chi connectivity index (χ4v) is 3.77. The molecule has 1 unspecified atom stereocenters. The van der Waals surface area contributed by atoms with Crippen LogP contribution in [0.15, 0.2) is 11.7 Å². The third-order valence-electron chi connectivity index (χ3n) is 4.29. The SMILES string of the molecule is Cc1ncsc1CCN1CCCC(c2ncc(C(F)(F)F)[nH]2)C1. The first-order valence-electron chi connectivity index (χ1n) is 7.67. The Morgan fingerprint density at radius 3 is 2.87 bits per heavy atom. The number of imidazole rings is 1. The second-order valence-electron chi connectivity index (χ2n) is 5.93. The molecule has 0 aromatic carbocycles. The summed E-state index contributed by atoms with van der Waals surface area (Å²) in [5.74, 6) is 0.499. The van der Waals surface area contributed by atoms with Gasteiger partial charge in [0.1, 0.15) is 11.5 Å². The molecule has 0 aliphatic carbocycles. The highest BCUT2D eigenvalue weighted by Crippen LogP contribution is 2.31. The van der Waals surface area contributed by atoms with Gasteiger partial charge in [-0.1, -0.05) is 0 Å². The zero-order valence-electron chi connectivity index (χ0n) is 12.9. The molecular weight excluding hydrogens is 325 g/mol. The molecule has 0 radical (unpaired) electrons. The number of hydrogen-bond acceptors (Lipinski definition) is 4. The predicted octanol–water partition coefficient (Wildman–Crippen LogP) is 3.62. The molecule has 0 bridgehead atoms. The number of piperidine rings is 1. The van der Waals surface area contributed by atoms with E-state index >= 15 is 0 Å². The molecule has 3 heterocycles. The predicted molar refractivity (Wildman–Crippen MR) is 82.6 cm³/mol. The third-order valence-corrected chi connectivity index (χ3v) is 5.29. The number of aryl methyl sites for hydroxylation is 1. The van der Waals surface area contributed by atoms with Crippen molar-refractivity contribution in [2.24, 2.45) is 0 Å². The van der Waals surface area contributed by atoms with E-state index in [0.29, 0.717) is 5.82 Å². The highest BCUT2D eigenvalue weighted by atomic mass is 32.1. The molecule has 1 atom stereocenters. The van der Waals surface area contributed by atoms with Gasteiger partial charge in [0.25, 0.3) is 0 Å². The summed E-state index contributed by atoms with van der Waals surface area (Å²) in [6.45, 7) is 4.66. The average molecular weight is 344 g/mol. The summed E-state index contributed by atoms with van der Waals surface area (Å²) in [5.41, 5.74) is 2.17. The summed E-state index contributed by atoms with van der Waals surface area (Å²) in [7, 11) is 0. The van der Waals surface area contributed by atoms with Crippen LogP contribution in [-0.4, -0.2) is 39.5 Å². The number of nitrogens with zero attached hydrogens (tertiary/aromatic N) is 3. The van der Waals surface area contributed by atoms with Gasteiger partial charge in [-0.25, -0.2) is 9.97 Å². The first-order chi connectivity index (χ1) is 10.9. The lowest BCUT2D eigenvalue weighted by molar-refractivity contribution is -0.141. The van der Waals surface area contributed by atoms with E-state index in [1.807, 2.05) is 12.4 Å². The maximum atomic E-state index is 12.7. The zero-order valence-corrected chi connectivity index (χ0v) is 13.7. The molecule has 8 heteroatoms. The quantitative estimate of drug-likeness (QED) is 0.921. The van der Waals surface area contributed by atoms with E-state index in [0.717, 1.165) is 50.8 Å². The Labute approximate surface area is 136 Å². The van der Waals surface area contributed by atoms with Crippen LogP contribution < -0.4 is 0 Å². The van der Waals surface area contributed by atoms with Gasteiger partial charge < -0.3 is 9.88 Å². The largest absolute Gasteiger partial charge is 0.432 e. The number of likely N-dealkylation sites (tertiary alicyclic amines) is 1. The minimum Gasteiger partial charge on any atom is -0.338 e. The molecule has 1 saturated heterocycles. The van der Waals surface area contributed by atoms with Crippen molar-refractivity contribution in [1.29, 1.82) is 0 Å². The number of alkyl halides is 3. The lowest BCUT2D eigenvalue weighted by Gasteiger charge is -2.31. The molecule has 1 N–H and O–H groups in total. The molecule has 1 aliphatic heterocycles. The van der Waals surface area contributed by atoms with Crippen molar-refractivity contribution < 1.29 is 13.2 Å². The summed E-state index contributed by atoms with van der Waals surface area (Å²) in [5, 5.41) is 0. The van der Waals surface area contributed by atoms with Crippen LogP contribution in [0, 0.1) is 6.92 Å². The Hall–Kier alpha value is -1.41. The van der Waals surface area contributed by atoms with Gasteiger partial charge in [-0.15, -0.1) is 11.3 Å². The van der Waals surface area contributed by atoms with Gasteiger partial charge in [-0.2, -0.15) is 13.2 Å². The number of halogens is 3. The van der Waals surface area contributed by atoms with E-state index < -0.39 is 11.9 Å². The Kier molecular flexibility index (Phi) is 4.72. The van der Waals surface area contributed by atoms with Crippen LogP contribution in [0.5, 0.6) is 0 Å². The number of hydrogen-bond donors (Lipinski definition) is 1. The first-order valence-corrected chi connectivity index (χ1v) is 8.55. The Balaban J connectivity index is 1.60. The van der Waals surface area contributed by atoms with E-state index in [1.54, 1.807) is 11.3 Å². The van der Waals surface area contributed by atoms with E-state index in [4.69, 9.17) is 0 Å². The Morgan fingerprint density at radius 1 is 1.39 bits per heavy atom. The van der Waals surface area contributed by atoms with Crippen molar-refractivity contribution in [3.63, 3.8) is 0 Å². The van der Waals surface area contributed by atoms with Crippen molar-refractivity contribution in [2.45, 2.75) is 38.3 Å². The van der Waals surface area contributed by atoms with Crippen LogP contribution >= 0.6 is 11.3 Å². The molecule has 0 saturated carbocycles. The van der Waals surface area contributed by atoms with Crippen LogP contribution in [0.2, 0.25) is 0 Å². The van der Waals surface area contributed by atoms with Gasteiger partial charge >= 0.3 is 6.18 Å². The molecule has 3 rings (SSSR count). The second-order valence-corrected chi connectivity index (χ2v) is 6.87. The summed E-state index contributed by atoms with van der Waals surface area (Å²) in [4.78, 5) is 14.2. The highest BCUT2D eigenvalue weighted by Gasteiger charge is 2.34. The van der Waals surface area contributed by atoms with Crippen molar-refractivity contribution >= 4 is 11.3 Å². The van der Waals surface area contributed by atoms with Gasteiger partial charge in [0.05, 0.1) is 17.4 Å². The van der Waals surface area contributed by atoms with Crippen molar-refractivity contribution in [3.05, 3.63) is 33.8 Å². The second kappa shape index (κ2) is 6.60. The summed E-state index contributed by atoms with van der Waals surface area (Å²) >= 11 is 1.66. The molecule has 1 aliphatic rings. The Bertz CT molecular complexity index is 649. The number of aromatic nitrogens is 3. The lowest BCUT2D eigenvalue weighted by Crippen LogP contribution is -2.36. The average Bonchev–Trinajstić information content (AvgIpc) is 3.14. The van der Waals surface area contributed by atoms with E-state index in [9.17, 15) is 13.2 Å². The van der Waals surface area contributed by atoms with Crippen molar-refractivity contribution in [2.75, 3.05) is 19.6 Å². The van der Waals surface area contributed by atoms with Crippen molar-refractivity contribution in [3.8, 4) is 0 Å². The summed E-state index contributed by atoms with van der Waals surface area (Å²) in [6.07, 6.45) is -0.664. The van der Waals surface area contributed by atoms with Crippen LogP contribution in [0.25, 0.3) is 0 Å². The van der Waals surface area contributed by atoms with Gasteiger partial charge in [-0.3, -0.25) is 0 Å².